The molecule has 0 bridgehead atoms. The normalized spacial score (nSPS) is 10.3. The van der Waals surface area contributed by atoms with Gasteiger partial charge in [0.05, 0.1) is 6.07 Å². The summed E-state index contributed by atoms with van der Waals surface area (Å²) in [6.07, 6.45) is 0. The zero-order chi connectivity index (χ0) is 8.59. The van der Waals surface area contributed by atoms with Gasteiger partial charge >= 0.3 is 0 Å². The SMILES string of the molecule is Fc1[c]c(F)c(F)c(Cl)c1F. The highest BCUT2D eigenvalue weighted by Gasteiger charge is 2.17. The molecule has 0 unspecified atom stereocenters. The summed E-state index contributed by atoms with van der Waals surface area (Å²) >= 11 is 4.84. The van der Waals surface area contributed by atoms with Gasteiger partial charge in [0, 0.05) is 0 Å². The van der Waals surface area contributed by atoms with Gasteiger partial charge < -0.3 is 0 Å². The lowest BCUT2D eigenvalue weighted by molar-refractivity contribution is 0.452. The van der Waals surface area contributed by atoms with E-state index in [2.05, 4.69) is 0 Å². The van der Waals surface area contributed by atoms with E-state index >= 15 is 0 Å². The molecule has 0 nitrogen and oxygen atoms in total. The van der Waals surface area contributed by atoms with E-state index in [1.165, 1.54) is 6.07 Å². The number of halogens is 5. The van der Waals surface area contributed by atoms with Crippen LogP contribution < -0.4 is 0 Å². The maximum atomic E-state index is 12.2. The molecule has 0 saturated carbocycles. The Labute approximate surface area is 64.4 Å². The van der Waals surface area contributed by atoms with Gasteiger partial charge in [0.25, 0.3) is 0 Å². The predicted molar refractivity (Wildman–Crippen MR) is 30.1 cm³/mol. The third kappa shape index (κ3) is 1.30. The van der Waals surface area contributed by atoms with Crippen LogP contribution in [0, 0.1) is 29.3 Å². The highest BCUT2D eigenvalue weighted by atomic mass is 35.5. The molecule has 0 saturated heterocycles. The fraction of sp³-hybridized carbons (Fsp3) is 0. The van der Waals surface area contributed by atoms with Crippen LogP contribution in [0.5, 0.6) is 0 Å². The number of rotatable bonds is 0. The lowest BCUT2D eigenvalue weighted by Crippen LogP contribution is -1.94. The molecular weight excluding hydrogens is 184 g/mol. The van der Waals surface area contributed by atoms with E-state index < -0.39 is 28.3 Å². The van der Waals surface area contributed by atoms with Crippen molar-refractivity contribution in [1.29, 1.82) is 0 Å². The summed E-state index contributed by atoms with van der Waals surface area (Å²) in [4.78, 5) is 0. The molecule has 0 aliphatic carbocycles. The van der Waals surface area contributed by atoms with Gasteiger partial charge in [-0.3, -0.25) is 0 Å². The molecule has 0 aliphatic heterocycles. The molecule has 0 N–H and O–H groups in total. The summed E-state index contributed by atoms with van der Waals surface area (Å²) in [6.45, 7) is 0. The first-order chi connectivity index (χ1) is 5.04. The quantitative estimate of drug-likeness (QED) is 0.330. The second-order valence-corrected chi connectivity index (χ2v) is 2.07. The number of benzene rings is 1. The largest absolute Gasteiger partial charge is 0.203 e. The Bertz CT molecular complexity index is 271. The van der Waals surface area contributed by atoms with E-state index in [9.17, 15) is 17.6 Å². The van der Waals surface area contributed by atoms with Crippen LogP contribution in [0.1, 0.15) is 0 Å². The molecule has 59 valence electrons. The van der Waals surface area contributed by atoms with E-state index in [1.54, 1.807) is 0 Å². The first kappa shape index (κ1) is 8.33. The summed E-state index contributed by atoms with van der Waals surface area (Å²) in [5, 5.41) is -1.20. The topological polar surface area (TPSA) is 0 Å². The standard InChI is InChI=1S/C6ClF4/c7-4-5(10)2(8)1-3(9)6(4)11. The van der Waals surface area contributed by atoms with Crippen LogP contribution in [0.15, 0.2) is 0 Å². The van der Waals surface area contributed by atoms with Crippen molar-refractivity contribution in [2.24, 2.45) is 0 Å². The molecule has 0 heterocycles. The minimum atomic E-state index is -1.63. The van der Waals surface area contributed by atoms with Gasteiger partial charge in [-0.2, -0.15) is 0 Å². The van der Waals surface area contributed by atoms with Crippen molar-refractivity contribution < 1.29 is 17.6 Å². The number of hydrogen-bond acceptors (Lipinski definition) is 0. The van der Waals surface area contributed by atoms with E-state index in [-0.39, 0.29) is 0 Å². The molecular formula is C6ClF4. The van der Waals surface area contributed by atoms with Crippen molar-refractivity contribution in [2.75, 3.05) is 0 Å². The van der Waals surface area contributed by atoms with Crippen molar-refractivity contribution in [3.8, 4) is 0 Å². The fourth-order valence-corrected chi connectivity index (χ4v) is 0.661. The third-order valence-electron chi connectivity index (χ3n) is 0.990. The molecule has 0 atom stereocenters. The van der Waals surface area contributed by atoms with E-state index in [1.807, 2.05) is 0 Å². The zero-order valence-corrected chi connectivity index (χ0v) is 5.65. The molecule has 5 heteroatoms. The second-order valence-electron chi connectivity index (χ2n) is 1.69. The average Bonchev–Trinajstić information content (AvgIpc) is 1.97. The Hall–Kier alpha value is -0.770. The summed E-state index contributed by atoms with van der Waals surface area (Å²) in [6, 6.07) is 1.18. The minimum Gasteiger partial charge on any atom is -0.203 e. The lowest BCUT2D eigenvalue weighted by atomic mass is 10.3. The van der Waals surface area contributed by atoms with Crippen molar-refractivity contribution >= 4 is 11.6 Å². The van der Waals surface area contributed by atoms with Gasteiger partial charge in [0.2, 0.25) is 0 Å². The molecule has 11 heavy (non-hydrogen) atoms. The number of hydrogen-bond donors (Lipinski definition) is 0. The lowest BCUT2D eigenvalue weighted by Gasteiger charge is -1.97. The van der Waals surface area contributed by atoms with Crippen LogP contribution in [0.2, 0.25) is 5.02 Å². The van der Waals surface area contributed by atoms with E-state index in [4.69, 9.17) is 11.6 Å². The van der Waals surface area contributed by atoms with Gasteiger partial charge in [-0.25, -0.2) is 17.6 Å². The van der Waals surface area contributed by atoms with Crippen LogP contribution in [0.3, 0.4) is 0 Å². The fourth-order valence-electron chi connectivity index (χ4n) is 0.495. The minimum absolute atomic E-state index is 1.18. The van der Waals surface area contributed by atoms with Gasteiger partial charge in [-0.05, 0) is 0 Å². The Morgan fingerprint density at radius 1 is 0.909 bits per heavy atom. The van der Waals surface area contributed by atoms with Gasteiger partial charge in [0.1, 0.15) is 5.02 Å². The summed E-state index contributed by atoms with van der Waals surface area (Å²) in [5.74, 6) is -6.53. The van der Waals surface area contributed by atoms with Gasteiger partial charge in [-0.15, -0.1) is 0 Å². The van der Waals surface area contributed by atoms with E-state index in [0.717, 1.165) is 0 Å². The van der Waals surface area contributed by atoms with Crippen molar-refractivity contribution in [3.63, 3.8) is 0 Å². The summed E-state index contributed by atoms with van der Waals surface area (Å²) in [5.41, 5.74) is 0. The molecule has 0 spiro atoms. The average molecular weight is 184 g/mol. The molecule has 1 radical (unpaired) electrons. The van der Waals surface area contributed by atoms with Gasteiger partial charge in [-0.1, -0.05) is 11.6 Å². The third-order valence-corrected chi connectivity index (χ3v) is 1.32. The Balaban J connectivity index is 3.46. The molecule has 0 aliphatic rings. The molecule has 0 amide bonds. The highest BCUT2D eigenvalue weighted by Crippen LogP contribution is 2.22. The molecule has 1 aromatic rings. The van der Waals surface area contributed by atoms with Crippen LogP contribution in [-0.2, 0) is 0 Å². The van der Waals surface area contributed by atoms with Crippen LogP contribution in [-0.4, -0.2) is 0 Å². The summed E-state index contributed by atoms with van der Waals surface area (Å²) in [7, 11) is 0. The van der Waals surface area contributed by atoms with E-state index in [0.29, 0.717) is 0 Å². The molecule has 0 aromatic heterocycles. The Kier molecular flexibility index (Phi) is 2.04. The zero-order valence-electron chi connectivity index (χ0n) is 4.89. The maximum Gasteiger partial charge on any atom is 0.181 e. The molecule has 1 aromatic carbocycles. The maximum absolute atomic E-state index is 12.2. The van der Waals surface area contributed by atoms with Crippen molar-refractivity contribution in [2.45, 2.75) is 0 Å². The van der Waals surface area contributed by atoms with Crippen molar-refractivity contribution in [3.05, 3.63) is 34.4 Å². The van der Waals surface area contributed by atoms with Crippen LogP contribution >= 0.6 is 11.6 Å². The smallest absolute Gasteiger partial charge is 0.181 e. The van der Waals surface area contributed by atoms with Gasteiger partial charge in [0.15, 0.2) is 23.3 Å². The van der Waals surface area contributed by atoms with Crippen LogP contribution in [0.4, 0.5) is 17.6 Å². The highest BCUT2D eigenvalue weighted by molar-refractivity contribution is 6.30. The Morgan fingerprint density at radius 2 is 1.27 bits per heavy atom. The summed E-state index contributed by atoms with van der Waals surface area (Å²) < 4.78 is 48.7. The monoisotopic (exact) mass is 183 g/mol. The second kappa shape index (κ2) is 2.70. The predicted octanol–water partition coefficient (Wildman–Crippen LogP) is 2.70. The Morgan fingerprint density at radius 3 is 1.64 bits per heavy atom. The van der Waals surface area contributed by atoms with Crippen LogP contribution in [0.25, 0.3) is 0 Å². The van der Waals surface area contributed by atoms with Crippen molar-refractivity contribution in [1.82, 2.24) is 0 Å². The first-order valence-electron chi connectivity index (χ1n) is 2.44. The molecule has 1 rings (SSSR count). The molecule has 0 fully saturated rings. The first-order valence-corrected chi connectivity index (χ1v) is 2.82.